The Bertz CT molecular complexity index is 410. The van der Waals surface area contributed by atoms with Crippen molar-refractivity contribution in [2.24, 2.45) is 5.92 Å². The smallest absolute Gasteiger partial charge is 0.314 e. The largest absolute Gasteiger partial charge is 0.481 e. The van der Waals surface area contributed by atoms with E-state index in [-0.39, 0.29) is 5.78 Å². The van der Waals surface area contributed by atoms with Gasteiger partial charge < -0.3 is 5.11 Å². The van der Waals surface area contributed by atoms with Crippen LogP contribution in [0.25, 0.3) is 0 Å². The molecule has 1 rings (SSSR count). The summed E-state index contributed by atoms with van der Waals surface area (Å²) in [4.78, 5) is 22.8. The summed E-state index contributed by atoms with van der Waals surface area (Å²) in [5, 5.41) is 8.86. The fourth-order valence-electron chi connectivity index (χ4n) is 1.69. The van der Waals surface area contributed by atoms with Crippen LogP contribution in [0.2, 0.25) is 0 Å². The molecule has 0 amide bonds. The van der Waals surface area contributed by atoms with Gasteiger partial charge in [0.2, 0.25) is 0 Å². The molecule has 3 heteroatoms. The number of hydrogen-bond donors (Lipinski definition) is 1. The number of aryl methyl sites for hydroxylation is 1. The van der Waals surface area contributed by atoms with Crippen LogP contribution in [0.5, 0.6) is 0 Å². The topological polar surface area (TPSA) is 54.4 Å². The summed E-state index contributed by atoms with van der Waals surface area (Å²) in [5.74, 6) is -2.35. The normalized spacial score (nSPS) is 12.1. The summed E-state index contributed by atoms with van der Waals surface area (Å²) in [6, 6.07) is 7.27. The SMILES string of the molecule is CCCCc1ccccc1C(=O)C(C)C(=O)O. The average Bonchev–Trinajstić information content (AvgIpc) is 2.34. The Morgan fingerprint density at radius 1 is 1.29 bits per heavy atom. The van der Waals surface area contributed by atoms with E-state index in [1.807, 2.05) is 12.1 Å². The summed E-state index contributed by atoms with van der Waals surface area (Å²) in [6.45, 7) is 3.52. The molecule has 0 bridgehead atoms. The van der Waals surface area contributed by atoms with Crippen molar-refractivity contribution in [2.75, 3.05) is 0 Å². The van der Waals surface area contributed by atoms with Crippen LogP contribution in [0.15, 0.2) is 24.3 Å². The number of carbonyl (C=O) groups excluding carboxylic acids is 1. The molecule has 0 heterocycles. The van der Waals surface area contributed by atoms with E-state index < -0.39 is 11.9 Å². The molecule has 1 atom stereocenters. The number of benzene rings is 1. The first-order chi connectivity index (χ1) is 8.07. The second kappa shape index (κ2) is 6.18. The second-order valence-corrected chi connectivity index (χ2v) is 4.18. The predicted molar refractivity (Wildman–Crippen MR) is 66.2 cm³/mol. The van der Waals surface area contributed by atoms with Crippen LogP contribution in [0.1, 0.15) is 42.6 Å². The van der Waals surface area contributed by atoms with Crippen molar-refractivity contribution in [3.8, 4) is 0 Å². The lowest BCUT2D eigenvalue weighted by Gasteiger charge is -2.10. The molecule has 0 radical (unpaired) electrons. The Kier molecular flexibility index (Phi) is 4.88. The van der Waals surface area contributed by atoms with Gasteiger partial charge in [-0.1, -0.05) is 37.6 Å². The van der Waals surface area contributed by atoms with Crippen molar-refractivity contribution in [2.45, 2.75) is 33.1 Å². The van der Waals surface area contributed by atoms with E-state index in [1.54, 1.807) is 12.1 Å². The number of ketones is 1. The van der Waals surface area contributed by atoms with Crippen molar-refractivity contribution >= 4 is 11.8 Å². The second-order valence-electron chi connectivity index (χ2n) is 4.18. The number of Topliss-reactive ketones (excluding diaryl/α,β-unsaturated/α-hetero) is 1. The van der Waals surface area contributed by atoms with Crippen molar-refractivity contribution < 1.29 is 14.7 Å². The molecule has 1 unspecified atom stereocenters. The van der Waals surface area contributed by atoms with Crippen molar-refractivity contribution in [1.29, 1.82) is 0 Å². The maximum atomic E-state index is 12.0. The molecule has 0 saturated heterocycles. The summed E-state index contributed by atoms with van der Waals surface area (Å²) in [7, 11) is 0. The fourth-order valence-corrected chi connectivity index (χ4v) is 1.69. The third-order valence-electron chi connectivity index (χ3n) is 2.85. The highest BCUT2D eigenvalue weighted by molar-refractivity contribution is 6.08. The predicted octanol–water partition coefficient (Wildman–Crippen LogP) is 2.93. The van der Waals surface area contributed by atoms with Crippen LogP contribution < -0.4 is 0 Å². The van der Waals surface area contributed by atoms with Crippen LogP contribution in [0.3, 0.4) is 0 Å². The molecule has 0 aliphatic rings. The van der Waals surface area contributed by atoms with Gasteiger partial charge in [-0.2, -0.15) is 0 Å². The molecular formula is C14H18O3. The van der Waals surface area contributed by atoms with E-state index in [4.69, 9.17) is 5.11 Å². The minimum absolute atomic E-state index is 0.302. The molecule has 1 aromatic carbocycles. The maximum Gasteiger partial charge on any atom is 0.314 e. The molecule has 1 aromatic rings. The molecule has 1 N–H and O–H groups in total. The van der Waals surface area contributed by atoms with Gasteiger partial charge in [0, 0.05) is 5.56 Å². The van der Waals surface area contributed by atoms with Crippen LogP contribution in [-0.4, -0.2) is 16.9 Å². The summed E-state index contributed by atoms with van der Waals surface area (Å²) in [6.07, 6.45) is 2.88. The van der Waals surface area contributed by atoms with Crippen LogP contribution >= 0.6 is 0 Å². The van der Waals surface area contributed by atoms with Crippen molar-refractivity contribution in [1.82, 2.24) is 0 Å². The van der Waals surface area contributed by atoms with Crippen LogP contribution in [0, 0.1) is 5.92 Å². The monoisotopic (exact) mass is 234 g/mol. The number of carboxylic acids is 1. The number of rotatable bonds is 6. The first-order valence-corrected chi connectivity index (χ1v) is 5.92. The van der Waals surface area contributed by atoms with Gasteiger partial charge >= 0.3 is 5.97 Å². The fraction of sp³-hybridized carbons (Fsp3) is 0.429. The lowest BCUT2D eigenvalue weighted by Crippen LogP contribution is -2.21. The van der Waals surface area contributed by atoms with E-state index in [1.165, 1.54) is 6.92 Å². The van der Waals surface area contributed by atoms with E-state index in [9.17, 15) is 9.59 Å². The third-order valence-corrected chi connectivity index (χ3v) is 2.85. The zero-order valence-electron chi connectivity index (χ0n) is 10.3. The first kappa shape index (κ1) is 13.4. The van der Waals surface area contributed by atoms with Gasteiger partial charge in [0.15, 0.2) is 5.78 Å². The molecule has 3 nitrogen and oxygen atoms in total. The lowest BCUT2D eigenvalue weighted by molar-refractivity contribution is -0.139. The van der Waals surface area contributed by atoms with Gasteiger partial charge in [0.25, 0.3) is 0 Å². The van der Waals surface area contributed by atoms with Crippen molar-refractivity contribution in [3.05, 3.63) is 35.4 Å². The zero-order chi connectivity index (χ0) is 12.8. The van der Waals surface area contributed by atoms with Gasteiger partial charge in [-0.3, -0.25) is 9.59 Å². The molecular weight excluding hydrogens is 216 g/mol. The minimum Gasteiger partial charge on any atom is -0.481 e. The lowest BCUT2D eigenvalue weighted by atomic mass is 9.93. The van der Waals surface area contributed by atoms with E-state index in [0.29, 0.717) is 5.56 Å². The van der Waals surface area contributed by atoms with Gasteiger partial charge in [-0.25, -0.2) is 0 Å². The first-order valence-electron chi connectivity index (χ1n) is 5.92. The Morgan fingerprint density at radius 2 is 1.94 bits per heavy atom. The quantitative estimate of drug-likeness (QED) is 0.608. The summed E-state index contributed by atoms with van der Waals surface area (Å²) in [5.41, 5.74) is 1.50. The molecule has 17 heavy (non-hydrogen) atoms. The van der Waals surface area contributed by atoms with E-state index in [2.05, 4.69) is 6.92 Å². The molecule has 0 aliphatic carbocycles. The molecule has 0 fully saturated rings. The number of unbranched alkanes of at least 4 members (excludes halogenated alkanes) is 1. The van der Waals surface area contributed by atoms with Gasteiger partial charge in [0.1, 0.15) is 5.92 Å². The van der Waals surface area contributed by atoms with E-state index in [0.717, 1.165) is 24.8 Å². The highest BCUT2D eigenvalue weighted by Crippen LogP contribution is 2.16. The molecule has 0 aromatic heterocycles. The van der Waals surface area contributed by atoms with E-state index >= 15 is 0 Å². The molecule has 0 spiro atoms. The van der Waals surface area contributed by atoms with Crippen LogP contribution in [0.4, 0.5) is 0 Å². The highest BCUT2D eigenvalue weighted by atomic mass is 16.4. The maximum absolute atomic E-state index is 12.0. The van der Waals surface area contributed by atoms with Crippen LogP contribution in [-0.2, 0) is 11.2 Å². The van der Waals surface area contributed by atoms with Gasteiger partial charge in [-0.15, -0.1) is 0 Å². The summed E-state index contributed by atoms with van der Waals surface area (Å²) >= 11 is 0. The summed E-state index contributed by atoms with van der Waals surface area (Å²) < 4.78 is 0. The average molecular weight is 234 g/mol. The van der Waals surface area contributed by atoms with Gasteiger partial charge in [0.05, 0.1) is 0 Å². The number of aliphatic carboxylic acids is 1. The number of carboxylic acid groups (broad SMARTS) is 1. The van der Waals surface area contributed by atoms with Gasteiger partial charge in [-0.05, 0) is 25.3 Å². The standard InChI is InChI=1S/C14H18O3/c1-3-4-7-11-8-5-6-9-12(11)13(15)10(2)14(16)17/h5-6,8-10H,3-4,7H2,1-2H3,(H,16,17). The third kappa shape index (κ3) is 3.41. The minimum atomic E-state index is -1.07. The number of hydrogen-bond acceptors (Lipinski definition) is 2. The Balaban J connectivity index is 2.96. The Morgan fingerprint density at radius 3 is 2.53 bits per heavy atom. The molecule has 92 valence electrons. The highest BCUT2D eigenvalue weighted by Gasteiger charge is 2.23. The Labute approximate surface area is 101 Å². The Hall–Kier alpha value is -1.64. The zero-order valence-corrected chi connectivity index (χ0v) is 10.3. The van der Waals surface area contributed by atoms with Crippen molar-refractivity contribution in [3.63, 3.8) is 0 Å². The molecule has 0 aliphatic heterocycles. The molecule has 0 saturated carbocycles. The number of carbonyl (C=O) groups is 2.